The summed E-state index contributed by atoms with van der Waals surface area (Å²) in [4.78, 5) is 28.4. The lowest BCUT2D eigenvalue weighted by Gasteiger charge is -2.24. The SMILES string of the molecule is Cc1ccc([C@H]2c3c(oc4cc(C)ccc4c3=O)C(=O)N2Cc2ccco2)cc1. The van der Waals surface area contributed by atoms with E-state index in [2.05, 4.69) is 0 Å². The van der Waals surface area contributed by atoms with Crippen molar-refractivity contribution in [3.8, 4) is 0 Å². The lowest BCUT2D eigenvalue weighted by atomic mass is 9.97. The molecular formula is C24H19NO4. The third-order valence-corrected chi connectivity index (χ3v) is 5.42. The van der Waals surface area contributed by atoms with Crippen LogP contribution in [0.15, 0.2) is 74.5 Å². The number of carbonyl (C=O) groups excluding carboxylic acids is 1. The number of hydrogen-bond donors (Lipinski definition) is 0. The molecule has 3 heterocycles. The van der Waals surface area contributed by atoms with Crippen molar-refractivity contribution in [2.75, 3.05) is 0 Å². The van der Waals surface area contributed by atoms with Gasteiger partial charge in [-0.2, -0.15) is 0 Å². The highest BCUT2D eigenvalue weighted by Crippen LogP contribution is 2.39. The molecule has 5 heteroatoms. The summed E-state index contributed by atoms with van der Waals surface area (Å²) in [5.41, 5.74) is 3.60. The summed E-state index contributed by atoms with van der Waals surface area (Å²) >= 11 is 0. The normalized spacial score (nSPS) is 15.9. The smallest absolute Gasteiger partial charge is 0.291 e. The first kappa shape index (κ1) is 17.5. The quantitative estimate of drug-likeness (QED) is 0.511. The van der Waals surface area contributed by atoms with E-state index >= 15 is 0 Å². The van der Waals surface area contributed by atoms with Crippen LogP contribution in [0.1, 0.15) is 44.6 Å². The topological polar surface area (TPSA) is 63.7 Å². The summed E-state index contributed by atoms with van der Waals surface area (Å²) < 4.78 is 11.4. The minimum atomic E-state index is -0.523. The lowest BCUT2D eigenvalue weighted by molar-refractivity contribution is 0.0701. The Labute approximate surface area is 167 Å². The Kier molecular flexibility index (Phi) is 3.91. The molecule has 0 saturated heterocycles. The molecule has 29 heavy (non-hydrogen) atoms. The number of carbonyl (C=O) groups is 1. The van der Waals surface area contributed by atoms with Crippen LogP contribution in [0.3, 0.4) is 0 Å². The summed E-state index contributed by atoms with van der Waals surface area (Å²) in [7, 11) is 0. The van der Waals surface area contributed by atoms with Gasteiger partial charge in [0.2, 0.25) is 5.76 Å². The van der Waals surface area contributed by atoms with Gasteiger partial charge in [0, 0.05) is 0 Å². The van der Waals surface area contributed by atoms with Crippen LogP contribution in [-0.2, 0) is 6.54 Å². The molecule has 0 saturated carbocycles. The summed E-state index contributed by atoms with van der Waals surface area (Å²) in [5, 5.41) is 0.485. The van der Waals surface area contributed by atoms with E-state index in [4.69, 9.17) is 8.83 Å². The first-order chi connectivity index (χ1) is 14.0. The lowest BCUT2D eigenvalue weighted by Crippen LogP contribution is -2.29. The number of nitrogens with zero attached hydrogens (tertiary/aromatic N) is 1. The molecule has 5 nitrogen and oxygen atoms in total. The van der Waals surface area contributed by atoms with Crippen LogP contribution in [0, 0.1) is 13.8 Å². The van der Waals surface area contributed by atoms with Gasteiger partial charge in [-0.05, 0) is 49.2 Å². The van der Waals surface area contributed by atoms with Gasteiger partial charge in [-0.15, -0.1) is 0 Å². The van der Waals surface area contributed by atoms with Crippen LogP contribution in [0.2, 0.25) is 0 Å². The van der Waals surface area contributed by atoms with Gasteiger partial charge in [-0.3, -0.25) is 9.59 Å². The van der Waals surface area contributed by atoms with Crippen LogP contribution in [0.4, 0.5) is 0 Å². The second kappa shape index (κ2) is 6.48. The molecule has 4 aromatic rings. The van der Waals surface area contributed by atoms with E-state index in [1.54, 1.807) is 29.4 Å². The maximum absolute atomic E-state index is 13.4. The fraction of sp³-hybridized carbons (Fsp3) is 0.167. The average Bonchev–Trinajstić information content (AvgIpc) is 3.31. The number of rotatable bonds is 3. The van der Waals surface area contributed by atoms with Gasteiger partial charge in [0.15, 0.2) is 5.43 Å². The highest BCUT2D eigenvalue weighted by molar-refractivity contribution is 5.99. The van der Waals surface area contributed by atoms with Crippen molar-refractivity contribution in [3.63, 3.8) is 0 Å². The van der Waals surface area contributed by atoms with E-state index in [0.29, 0.717) is 22.3 Å². The van der Waals surface area contributed by atoms with Gasteiger partial charge in [-0.25, -0.2) is 0 Å². The van der Waals surface area contributed by atoms with E-state index < -0.39 is 6.04 Å². The second-order valence-corrected chi connectivity index (χ2v) is 7.50. The van der Waals surface area contributed by atoms with Crippen LogP contribution >= 0.6 is 0 Å². The molecule has 0 spiro atoms. The van der Waals surface area contributed by atoms with E-state index in [1.165, 1.54) is 0 Å². The van der Waals surface area contributed by atoms with Gasteiger partial charge >= 0.3 is 0 Å². The minimum Gasteiger partial charge on any atom is -0.467 e. The molecule has 2 aromatic carbocycles. The summed E-state index contributed by atoms with van der Waals surface area (Å²) in [5.74, 6) is 0.462. The summed E-state index contributed by atoms with van der Waals surface area (Å²) in [6, 6.07) is 16.4. The molecule has 0 aliphatic carbocycles. The number of amides is 1. The molecular weight excluding hydrogens is 366 g/mol. The highest BCUT2D eigenvalue weighted by atomic mass is 16.3. The van der Waals surface area contributed by atoms with Crippen molar-refractivity contribution in [1.82, 2.24) is 4.90 Å². The fourth-order valence-electron chi connectivity index (χ4n) is 3.95. The zero-order valence-electron chi connectivity index (χ0n) is 16.1. The maximum Gasteiger partial charge on any atom is 0.291 e. The molecule has 1 amide bonds. The minimum absolute atomic E-state index is 0.116. The predicted octanol–water partition coefficient (Wildman–Crippen LogP) is 4.75. The molecule has 1 aliphatic heterocycles. The Hall–Kier alpha value is -3.60. The Morgan fingerprint density at radius 1 is 0.966 bits per heavy atom. The van der Waals surface area contributed by atoms with Crippen LogP contribution in [0.5, 0.6) is 0 Å². The molecule has 2 aromatic heterocycles. The van der Waals surface area contributed by atoms with Crippen LogP contribution in [0.25, 0.3) is 11.0 Å². The summed E-state index contributed by atoms with van der Waals surface area (Å²) in [6.07, 6.45) is 1.57. The Bertz CT molecular complexity index is 1280. The Balaban J connectivity index is 1.75. The van der Waals surface area contributed by atoms with E-state index in [1.807, 2.05) is 50.2 Å². The molecule has 0 bridgehead atoms. The van der Waals surface area contributed by atoms with Crippen LogP contribution in [-0.4, -0.2) is 10.8 Å². The first-order valence-corrected chi connectivity index (χ1v) is 9.50. The number of aryl methyl sites for hydroxylation is 2. The second-order valence-electron chi connectivity index (χ2n) is 7.50. The number of hydrogen-bond acceptors (Lipinski definition) is 4. The van der Waals surface area contributed by atoms with E-state index in [9.17, 15) is 9.59 Å². The zero-order valence-corrected chi connectivity index (χ0v) is 16.1. The summed E-state index contributed by atoms with van der Waals surface area (Å²) in [6.45, 7) is 4.18. The number of fused-ring (bicyclic) bond motifs is 2. The van der Waals surface area contributed by atoms with Gasteiger partial charge in [0.1, 0.15) is 11.3 Å². The molecule has 1 atom stereocenters. The van der Waals surface area contributed by atoms with Crippen molar-refractivity contribution in [3.05, 3.63) is 105 Å². The molecule has 1 aliphatic rings. The van der Waals surface area contributed by atoms with Gasteiger partial charge in [-0.1, -0.05) is 35.9 Å². The largest absolute Gasteiger partial charge is 0.467 e. The van der Waals surface area contributed by atoms with E-state index in [0.717, 1.165) is 16.7 Å². The predicted molar refractivity (Wildman–Crippen MR) is 109 cm³/mol. The molecule has 0 N–H and O–H groups in total. The van der Waals surface area contributed by atoms with Gasteiger partial charge in [0.25, 0.3) is 5.91 Å². The number of furan rings is 1. The molecule has 5 rings (SSSR count). The number of benzene rings is 2. The molecule has 0 radical (unpaired) electrons. The third-order valence-electron chi connectivity index (χ3n) is 5.42. The Morgan fingerprint density at radius 3 is 2.45 bits per heavy atom. The Morgan fingerprint density at radius 2 is 1.72 bits per heavy atom. The zero-order chi connectivity index (χ0) is 20.1. The molecule has 0 fully saturated rings. The van der Waals surface area contributed by atoms with E-state index in [-0.39, 0.29) is 23.6 Å². The maximum atomic E-state index is 13.4. The fourth-order valence-corrected chi connectivity index (χ4v) is 3.95. The first-order valence-electron chi connectivity index (χ1n) is 9.50. The van der Waals surface area contributed by atoms with Crippen molar-refractivity contribution in [2.45, 2.75) is 26.4 Å². The standard InChI is InChI=1S/C24H19NO4/c1-14-5-8-16(9-6-14)21-20-22(26)18-10-7-15(2)12-19(18)29-23(20)24(27)25(21)13-17-4-3-11-28-17/h3-12,21H,13H2,1-2H3/t21-/m0/s1. The van der Waals surface area contributed by atoms with Crippen molar-refractivity contribution >= 4 is 16.9 Å². The molecule has 144 valence electrons. The van der Waals surface area contributed by atoms with Crippen molar-refractivity contribution in [2.24, 2.45) is 0 Å². The van der Waals surface area contributed by atoms with Crippen molar-refractivity contribution in [1.29, 1.82) is 0 Å². The third kappa shape index (κ3) is 2.78. The highest BCUT2D eigenvalue weighted by Gasteiger charge is 2.43. The van der Waals surface area contributed by atoms with Gasteiger partial charge < -0.3 is 13.7 Å². The van der Waals surface area contributed by atoms with Crippen molar-refractivity contribution < 1.29 is 13.6 Å². The van der Waals surface area contributed by atoms with Gasteiger partial charge in [0.05, 0.1) is 29.8 Å². The monoisotopic (exact) mass is 385 g/mol. The average molecular weight is 385 g/mol. The van der Waals surface area contributed by atoms with Crippen LogP contribution < -0.4 is 5.43 Å². The molecule has 0 unspecified atom stereocenters.